The van der Waals surface area contributed by atoms with Crippen LogP contribution < -0.4 is 9.97 Å². The van der Waals surface area contributed by atoms with E-state index < -0.39 is 60.4 Å². The minimum Gasteiger partial charge on any atom is -0.435 e. The van der Waals surface area contributed by atoms with Crippen LogP contribution in [-0.4, -0.2) is 19.9 Å². The zero-order valence-electron chi connectivity index (χ0n) is 45.9. The molecule has 0 atom stereocenters. The second-order valence-corrected chi connectivity index (χ2v) is 17.1. The maximum atomic E-state index is 9.70. The van der Waals surface area contributed by atoms with Crippen LogP contribution in [0.1, 0.15) is 13.7 Å². The Labute approximate surface area is 423 Å². The first-order chi connectivity index (χ1) is 37.8. The topological polar surface area (TPSA) is 79.8 Å². The summed E-state index contributed by atoms with van der Waals surface area (Å²) in [7, 11) is 0. The molecule has 2 aliphatic rings. The molecule has 10 aromatic carbocycles. The standard InChI is InChI=1S/C62H34N6.Pt/c1-3-15-35(16-4-1)53-55-45-27-37-19-7-8-20-38(37)28-46(45)56(63-55)54(36-17-5-2-6-18-36)58-48-30-40-22-10-12-24-42(40)32-50(48)60(65-58)67-62-52-34-44-26-14-13-25-43(44)33-51(52)61(68-62)66-59-49-31-41-23-11-9-21-39(41)29-47(49)57(53)64-59;/h1-34H;/q-2;+2/i1D,2D,3D,4D,5D,6D,15D,16D,17D,18D;. The molecule has 8 bridgehead atoms. The third-order valence-corrected chi connectivity index (χ3v) is 13.3. The molecule has 0 radical (unpaired) electrons. The molecule has 0 amide bonds. The van der Waals surface area contributed by atoms with Crippen molar-refractivity contribution in [2.45, 2.75) is 0 Å². The van der Waals surface area contributed by atoms with Crippen molar-refractivity contribution in [3.8, 4) is 67.5 Å². The summed E-state index contributed by atoms with van der Waals surface area (Å²) in [6, 6.07) is 41.4. The van der Waals surface area contributed by atoms with E-state index in [-0.39, 0.29) is 77.0 Å². The Bertz CT molecular complexity index is 4760. The molecule has 322 valence electrons. The van der Waals surface area contributed by atoms with Crippen molar-refractivity contribution in [1.82, 2.24) is 29.9 Å². The Morgan fingerprint density at radius 3 is 1.01 bits per heavy atom. The minimum absolute atomic E-state index is 0. The van der Waals surface area contributed by atoms with Gasteiger partial charge in [-0.2, -0.15) is 0 Å². The number of benzene rings is 10. The molecule has 0 saturated heterocycles. The maximum Gasteiger partial charge on any atom is 2.00 e. The number of hydrogen-bond donors (Lipinski definition) is 0. The molecule has 15 rings (SSSR count). The van der Waals surface area contributed by atoms with Crippen molar-refractivity contribution in [2.24, 2.45) is 0 Å². The van der Waals surface area contributed by atoms with E-state index in [1.54, 1.807) is 0 Å². The summed E-state index contributed by atoms with van der Waals surface area (Å²) in [6.45, 7) is 0. The SMILES string of the molecule is [2H]c1c([2H])c([2H])c(-c2c3nc(c(-c4c([2H])c([2H])c([2H])c([2H])c4[2H])c4[n-]c(nc5nc(nc6[n-]c2c2cc7ccccc7cc62)-c2cc6ccccc6cc2-5)c2cc5ccccc5cc42)-c2cc4ccccc4cc2-3)c([2H])c1[2H].[Pt+2]. The zero-order chi connectivity index (χ0) is 53.2. The molecule has 0 fully saturated rings. The van der Waals surface area contributed by atoms with Gasteiger partial charge in [-0.15, -0.1) is 0 Å². The number of nitrogens with zero attached hydrogens (tertiary/aromatic N) is 6. The summed E-state index contributed by atoms with van der Waals surface area (Å²) in [6.07, 6.45) is 0. The number of hydrogen-bond acceptors (Lipinski definition) is 4. The number of fused-ring (bicyclic) bond motifs is 24. The van der Waals surface area contributed by atoms with Gasteiger partial charge in [-0.05, 0) is 147 Å². The predicted octanol–water partition coefficient (Wildman–Crippen LogP) is 15.3. The van der Waals surface area contributed by atoms with Gasteiger partial charge in [0.2, 0.25) is 0 Å². The molecule has 0 aliphatic carbocycles. The average Bonchev–Trinajstić information content (AvgIpc) is 4.24. The van der Waals surface area contributed by atoms with Crippen molar-refractivity contribution >= 4 is 87.0 Å². The van der Waals surface area contributed by atoms with Crippen LogP contribution >= 0.6 is 0 Å². The molecule has 2 aliphatic heterocycles. The summed E-state index contributed by atoms with van der Waals surface area (Å²) in [5.41, 5.74) is 3.25. The number of rotatable bonds is 2. The van der Waals surface area contributed by atoms with Gasteiger partial charge in [0.05, 0.1) is 36.7 Å². The van der Waals surface area contributed by atoms with Gasteiger partial charge < -0.3 is 19.9 Å². The Morgan fingerprint density at radius 2 is 0.652 bits per heavy atom. The van der Waals surface area contributed by atoms with Crippen LogP contribution in [0.4, 0.5) is 0 Å². The predicted molar refractivity (Wildman–Crippen MR) is 279 cm³/mol. The van der Waals surface area contributed by atoms with Gasteiger partial charge in [0, 0.05) is 33.4 Å². The molecule has 0 saturated carbocycles. The molecule has 3 aromatic heterocycles. The molecule has 0 spiro atoms. The van der Waals surface area contributed by atoms with Gasteiger partial charge in [0.25, 0.3) is 0 Å². The second kappa shape index (κ2) is 15.2. The summed E-state index contributed by atoms with van der Waals surface area (Å²) in [5.74, 6) is 0.590. The Balaban J connectivity index is 0.00000564. The summed E-state index contributed by atoms with van der Waals surface area (Å²) >= 11 is 0. The monoisotopic (exact) mass is 1070 g/mol. The third kappa shape index (κ3) is 6.09. The molecule has 0 unspecified atom stereocenters. The molecular formula is C62H34N6Pt. The largest absolute Gasteiger partial charge is 2.00 e. The fourth-order valence-corrected chi connectivity index (χ4v) is 10.1. The van der Waals surface area contributed by atoms with Crippen molar-refractivity contribution in [3.05, 3.63) is 206 Å². The molecular weight excluding hydrogens is 1020 g/mol. The van der Waals surface area contributed by atoms with Crippen LogP contribution in [0.25, 0.3) is 155 Å². The van der Waals surface area contributed by atoms with Crippen LogP contribution in [0.3, 0.4) is 0 Å². The summed E-state index contributed by atoms with van der Waals surface area (Å²) in [4.78, 5) is 32.2. The van der Waals surface area contributed by atoms with Gasteiger partial charge in [-0.3, -0.25) is 4.98 Å². The Kier molecular flexibility index (Phi) is 6.77. The van der Waals surface area contributed by atoms with E-state index in [4.69, 9.17) is 38.1 Å². The van der Waals surface area contributed by atoms with E-state index in [2.05, 4.69) is 0 Å². The minimum atomic E-state index is -0.589. The second-order valence-electron chi connectivity index (χ2n) is 17.1. The first kappa shape index (κ1) is 30.7. The Hall–Kier alpha value is -8.57. The molecule has 69 heavy (non-hydrogen) atoms. The fraction of sp³-hybridized carbons (Fsp3) is 0. The first-order valence-electron chi connectivity index (χ1n) is 27.1. The van der Waals surface area contributed by atoms with Crippen molar-refractivity contribution < 1.29 is 34.8 Å². The van der Waals surface area contributed by atoms with Crippen LogP contribution in [0.15, 0.2) is 206 Å². The van der Waals surface area contributed by atoms with E-state index in [1.807, 2.05) is 146 Å². The average molecular weight is 1070 g/mol. The molecule has 5 heterocycles. The van der Waals surface area contributed by atoms with E-state index in [0.717, 1.165) is 43.1 Å². The number of aromatic nitrogens is 6. The quantitative estimate of drug-likeness (QED) is 0.172. The molecule has 0 N–H and O–H groups in total. The third-order valence-electron chi connectivity index (χ3n) is 13.3. The molecule has 6 nitrogen and oxygen atoms in total. The fourth-order valence-electron chi connectivity index (χ4n) is 10.1. The van der Waals surface area contributed by atoms with Gasteiger partial charge in [0.15, 0.2) is 0 Å². The van der Waals surface area contributed by atoms with Crippen molar-refractivity contribution in [2.75, 3.05) is 0 Å². The van der Waals surface area contributed by atoms with E-state index >= 15 is 0 Å². The van der Waals surface area contributed by atoms with E-state index in [1.165, 1.54) is 0 Å². The summed E-state index contributed by atoms with van der Waals surface area (Å²) < 4.78 is 92.8. The molecule has 7 heteroatoms. The van der Waals surface area contributed by atoms with Crippen LogP contribution in [-0.2, 0) is 21.1 Å². The normalized spacial score (nSPS) is 14.0. The van der Waals surface area contributed by atoms with Crippen LogP contribution in [0.5, 0.6) is 0 Å². The summed E-state index contributed by atoms with van der Waals surface area (Å²) in [5, 5.41) is 9.08. The van der Waals surface area contributed by atoms with Gasteiger partial charge in [-0.25, -0.2) is 4.98 Å². The van der Waals surface area contributed by atoms with Crippen LogP contribution in [0.2, 0.25) is 0 Å². The van der Waals surface area contributed by atoms with Gasteiger partial charge >= 0.3 is 21.1 Å². The maximum absolute atomic E-state index is 9.70. The van der Waals surface area contributed by atoms with Gasteiger partial charge in [-0.1, -0.05) is 157 Å². The first-order valence-corrected chi connectivity index (χ1v) is 22.1. The van der Waals surface area contributed by atoms with Gasteiger partial charge in [0.1, 0.15) is 0 Å². The van der Waals surface area contributed by atoms with Crippen molar-refractivity contribution in [3.63, 3.8) is 0 Å². The van der Waals surface area contributed by atoms with Crippen molar-refractivity contribution in [1.29, 1.82) is 0 Å². The zero-order valence-corrected chi connectivity index (χ0v) is 38.1. The van der Waals surface area contributed by atoms with Crippen LogP contribution in [0, 0.1) is 0 Å². The molecule has 13 aromatic rings. The van der Waals surface area contributed by atoms with E-state index in [9.17, 15) is 5.48 Å². The Morgan fingerprint density at radius 1 is 0.333 bits per heavy atom. The van der Waals surface area contributed by atoms with E-state index in [0.29, 0.717) is 55.4 Å². The smallest absolute Gasteiger partial charge is 0.435 e.